The maximum absolute atomic E-state index is 5.99. The van der Waals surface area contributed by atoms with Crippen molar-refractivity contribution < 1.29 is 4.74 Å². The molecule has 2 nitrogen and oxygen atoms in total. The van der Waals surface area contributed by atoms with Crippen molar-refractivity contribution in [2.24, 2.45) is 0 Å². The molecule has 0 aliphatic heterocycles. The van der Waals surface area contributed by atoms with Crippen LogP contribution >= 0.6 is 11.6 Å². The van der Waals surface area contributed by atoms with Gasteiger partial charge >= 0.3 is 0 Å². The number of likely N-dealkylation sites (N-methyl/N-ethyl adjacent to an activating group) is 1. The molecule has 2 rings (SSSR count). The molecule has 0 radical (unpaired) electrons. The number of nitrogens with one attached hydrogen (secondary N) is 1. The maximum Gasteiger partial charge on any atom is 0.121 e. The molecular formula is C13H18ClNO. The van der Waals surface area contributed by atoms with Crippen LogP contribution in [0, 0.1) is 0 Å². The molecule has 2 atom stereocenters. The van der Waals surface area contributed by atoms with E-state index in [-0.39, 0.29) is 6.10 Å². The van der Waals surface area contributed by atoms with E-state index in [2.05, 4.69) is 5.32 Å². The SMILES string of the molecule is CNC1CCCCC1Oc1cccc(Cl)c1. The standard InChI is InChI=1S/C13H18ClNO/c1-15-12-7-2-3-8-13(12)16-11-6-4-5-10(14)9-11/h4-6,9,12-13,15H,2-3,7-8H2,1H3. The maximum atomic E-state index is 5.99. The molecule has 0 bridgehead atoms. The zero-order valence-electron chi connectivity index (χ0n) is 9.58. The lowest BCUT2D eigenvalue weighted by molar-refractivity contribution is 0.118. The Morgan fingerprint density at radius 1 is 1.31 bits per heavy atom. The lowest BCUT2D eigenvalue weighted by Gasteiger charge is -2.31. The van der Waals surface area contributed by atoms with E-state index in [0.29, 0.717) is 6.04 Å². The third-order valence-corrected chi connectivity index (χ3v) is 3.39. The van der Waals surface area contributed by atoms with Crippen molar-refractivity contribution in [3.05, 3.63) is 29.3 Å². The number of benzene rings is 1. The van der Waals surface area contributed by atoms with Crippen LogP contribution in [0.2, 0.25) is 5.02 Å². The average Bonchev–Trinajstić information content (AvgIpc) is 2.30. The second-order valence-corrected chi connectivity index (χ2v) is 4.73. The van der Waals surface area contributed by atoms with Crippen molar-refractivity contribution in [2.75, 3.05) is 7.05 Å². The van der Waals surface area contributed by atoms with Crippen LogP contribution in [-0.4, -0.2) is 19.2 Å². The monoisotopic (exact) mass is 239 g/mol. The summed E-state index contributed by atoms with van der Waals surface area (Å²) < 4.78 is 5.99. The largest absolute Gasteiger partial charge is 0.489 e. The summed E-state index contributed by atoms with van der Waals surface area (Å²) in [4.78, 5) is 0. The molecule has 88 valence electrons. The summed E-state index contributed by atoms with van der Waals surface area (Å²) in [5.41, 5.74) is 0. The summed E-state index contributed by atoms with van der Waals surface area (Å²) in [6.45, 7) is 0. The molecule has 1 fully saturated rings. The van der Waals surface area contributed by atoms with E-state index in [1.165, 1.54) is 19.3 Å². The predicted octanol–water partition coefficient (Wildman–Crippen LogP) is 3.25. The van der Waals surface area contributed by atoms with Crippen molar-refractivity contribution >= 4 is 11.6 Å². The minimum absolute atomic E-state index is 0.275. The molecule has 1 N–H and O–H groups in total. The first-order valence-corrected chi connectivity index (χ1v) is 6.27. The van der Waals surface area contributed by atoms with Crippen LogP contribution in [-0.2, 0) is 0 Å². The molecule has 0 amide bonds. The van der Waals surface area contributed by atoms with Gasteiger partial charge in [-0.3, -0.25) is 0 Å². The zero-order chi connectivity index (χ0) is 11.4. The van der Waals surface area contributed by atoms with Crippen LogP contribution in [0.1, 0.15) is 25.7 Å². The third kappa shape index (κ3) is 2.89. The van der Waals surface area contributed by atoms with Crippen LogP contribution < -0.4 is 10.1 Å². The van der Waals surface area contributed by atoms with Gasteiger partial charge in [-0.1, -0.05) is 24.1 Å². The minimum Gasteiger partial charge on any atom is -0.489 e. The van der Waals surface area contributed by atoms with E-state index in [0.717, 1.165) is 17.2 Å². The average molecular weight is 240 g/mol. The Kier molecular flexibility index (Phi) is 4.08. The van der Waals surface area contributed by atoms with Crippen LogP contribution in [0.4, 0.5) is 0 Å². The van der Waals surface area contributed by atoms with E-state index in [1.807, 2.05) is 31.3 Å². The number of halogens is 1. The summed E-state index contributed by atoms with van der Waals surface area (Å²) in [6.07, 6.45) is 5.14. The van der Waals surface area contributed by atoms with Gasteiger partial charge in [0, 0.05) is 11.1 Å². The molecule has 0 heterocycles. The second-order valence-electron chi connectivity index (χ2n) is 4.29. The highest BCUT2D eigenvalue weighted by Gasteiger charge is 2.25. The fourth-order valence-corrected chi connectivity index (χ4v) is 2.46. The van der Waals surface area contributed by atoms with Crippen molar-refractivity contribution in [3.8, 4) is 5.75 Å². The lowest BCUT2D eigenvalue weighted by Crippen LogP contribution is -2.43. The summed E-state index contributed by atoms with van der Waals surface area (Å²) >= 11 is 5.94. The topological polar surface area (TPSA) is 21.3 Å². The van der Waals surface area contributed by atoms with Crippen molar-refractivity contribution in [2.45, 2.75) is 37.8 Å². The molecule has 16 heavy (non-hydrogen) atoms. The Morgan fingerprint density at radius 3 is 2.88 bits per heavy atom. The highest BCUT2D eigenvalue weighted by molar-refractivity contribution is 6.30. The van der Waals surface area contributed by atoms with Gasteiger partial charge in [-0.15, -0.1) is 0 Å². The lowest BCUT2D eigenvalue weighted by atomic mass is 9.92. The van der Waals surface area contributed by atoms with Gasteiger partial charge < -0.3 is 10.1 Å². The van der Waals surface area contributed by atoms with Crippen LogP contribution in [0.3, 0.4) is 0 Å². The first kappa shape index (κ1) is 11.7. The molecule has 0 spiro atoms. The number of hydrogen-bond acceptors (Lipinski definition) is 2. The van der Waals surface area contributed by atoms with Crippen molar-refractivity contribution in [1.29, 1.82) is 0 Å². The van der Waals surface area contributed by atoms with Gasteiger partial charge in [0.05, 0.1) is 0 Å². The number of hydrogen-bond donors (Lipinski definition) is 1. The fourth-order valence-electron chi connectivity index (χ4n) is 2.28. The van der Waals surface area contributed by atoms with Gasteiger partial charge in [-0.25, -0.2) is 0 Å². The first-order chi connectivity index (χ1) is 7.79. The molecular weight excluding hydrogens is 222 g/mol. The Morgan fingerprint density at radius 2 is 2.12 bits per heavy atom. The van der Waals surface area contributed by atoms with Gasteiger partial charge in [-0.2, -0.15) is 0 Å². The zero-order valence-corrected chi connectivity index (χ0v) is 10.3. The molecule has 0 aromatic heterocycles. The minimum atomic E-state index is 0.275. The van der Waals surface area contributed by atoms with Gasteiger partial charge in [-0.05, 0) is 44.5 Å². The molecule has 1 aromatic rings. The highest BCUT2D eigenvalue weighted by Crippen LogP contribution is 2.25. The molecule has 1 aliphatic rings. The summed E-state index contributed by atoms with van der Waals surface area (Å²) in [6, 6.07) is 8.10. The van der Waals surface area contributed by atoms with Crippen molar-refractivity contribution in [1.82, 2.24) is 5.32 Å². The molecule has 1 saturated carbocycles. The van der Waals surface area contributed by atoms with Crippen LogP contribution in [0.5, 0.6) is 5.75 Å². The van der Waals surface area contributed by atoms with Crippen LogP contribution in [0.25, 0.3) is 0 Å². The normalized spacial score (nSPS) is 25.4. The van der Waals surface area contributed by atoms with Gasteiger partial charge in [0.1, 0.15) is 11.9 Å². The smallest absolute Gasteiger partial charge is 0.121 e. The Labute approximate surface area is 102 Å². The van der Waals surface area contributed by atoms with E-state index in [4.69, 9.17) is 16.3 Å². The quantitative estimate of drug-likeness (QED) is 0.875. The second kappa shape index (κ2) is 5.55. The van der Waals surface area contributed by atoms with E-state index in [1.54, 1.807) is 0 Å². The molecule has 3 heteroatoms. The fraction of sp³-hybridized carbons (Fsp3) is 0.538. The Hall–Kier alpha value is -0.730. The van der Waals surface area contributed by atoms with Gasteiger partial charge in [0.2, 0.25) is 0 Å². The third-order valence-electron chi connectivity index (χ3n) is 3.16. The molecule has 2 unspecified atom stereocenters. The first-order valence-electron chi connectivity index (χ1n) is 5.89. The summed E-state index contributed by atoms with van der Waals surface area (Å²) in [7, 11) is 2.00. The Balaban J connectivity index is 2.02. The van der Waals surface area contributed by atoms with E-state index >= 15 is 0 Å². The van der Waals surface area contributed by atoms with Gasteiger partial charge in [0.25, 0.3) is 0 Å². The highest BCUT2D eigenvalue weighted by atomic mass is 35.5. The van der Waals surface area contributed by atoms with E-state index in [9.17, 15) is 0 Å². The summed E-state index contributed by atoms with van der Waals surface area (Å²) in [5.74, 6) is 0.875. The number of ether oxygens (including phenoxy) is 1. The predicted molar refractivity (Wildman–Crippen MR) is 67.2 cm³/mol. The van der Waals surface area contributed by atoms with Crippen LogP contribution in [0.15, 0.2) is 24.3 Å². The number of rotatable bonds is 3. The molecule has 1 aromatic carbocycles. The molecule has 0 saturated heterocycles. The van der Waals surface area contributed by atoms with Gasteiger partial charge in [0.15, 0.2) is 0 Å². The van der Waals surface area contributed by atoms with Crippen molar-refractivity contribution in [3.63, 3.8) is 0 Å². The van der Waals surface area contributed by atoms with E-state index < -0.39 is 0 Å². The summed E-state index contributed by atoms with van der Waals surface area (Å²) in [5, 5.41) is 4.06. The molecule has 1 aliphatic carbocycles. The Bertz CT molecular complexity index is 342.